The normalized spacial score (nSPS) is 10.4. The lowest BCUT2D eigenvalue weighted by Crippen LogP contribution is -2.38. The second-order valence-electron chi connectivity index (χ2n) is 5.38. The first-order chi connectivity index (χ1) is 13.0. The summed E-state index contributed by atoms with van der Waals surface area (Å²) in [5, 5.41) is 17.1. The number of hydrogen-bond donors (Lipinski definition) is 2. The minimum absolute atomic E-state index is 0.110. The molecule has 0 aliphatic carbocycles. The molecule has 9 nitrogen and oxygen atoms in total. The summed E-state index contributed by atoms with van der Waals surface area (Å²) in [6, 6.07) is 13.7. The van der Waals surface area contributed by atoms with E-state index in [9.17, 15) is 19.7 Å². The molecule has 2 rings (SSSR count). The summed E-state index contributed by atoms with van der Waals surface area (Å²) in [6.45, 7) is 0.310. The predicted molar refractivity (Wildman–Crippen MR) is 98.5 cm³/mol. The lowest BCUT2D eigenvalue weighted by molar-refractivity contribution is -0.385. The fourth-order valence-corrected chi connectivity index (χ4v) is 2.19. The number of carbonyl (C=O) groups excluding carboxylic acids is 2. The lowest BCUT2D eigenvalue weighted by atomic mass is 10.1. The van der Waals surface area contributed by atoms with Gasteiger partial charge in [0.25, 0.3) is 0 Å². The zero-order valence-electron chi connectivity index (χ0n) is 14.5. The van der Waals surface area contributed by atoms with Crippen molar-refractivity contribution in [1.82, 2.24) is 10.7 Å². The monoisotopic (exact) mass is 370 g/mol. The molecular formula is C18H18N4O5. The van der Waals surface area contributed by atoms with Crippen LogP contribution in [0.15, 0.2) is 53.6 Å². The molecule has 0 fully saturated rings. The van der Waals surface area contributed by atoms with Gasteiger partial charge in [0.2, 0.25) is 0 Å². The Labute approximate surface area is 155 Å². The first-order valence-electron chi connectivity index (χ1n) is 7.99. The van der Waals surface area contributed by atoms with Gasteiger partial charge >= 0.3 is 17.5 Å². The number of nitrogens with one attached hydrogen (secondary N) is 2. The Bertz CT molecular complexity index is 852. The minimum Gasteiger partial charge on any atom is -0.490 e. The van der Waals surface area contributed by atoms with Crippen LogP contribution in [0, 0.1) is 10.1 Å². The van der Waals surface area contributed by atoms with Crippen molar-refractivity contribution < 1.29 is 19.2 Å². The number of hydrazone groups is 1. The molecule has 0 spiro atoms. The average Bonchev–Trinajstić information content (AvgIpc) is 2.68. The van der Waals surface area contributed by atoms with E-state index in [2.05, 4.69) is 15.8 Å². The van der Waals surface area contributed by atoms with E-state index in [0.29, 0.717) is 18.5 Å². The molecule has 9 heteroatoms. The standard InChI is InChI=1S/C18H18N4O5/c1-27-16-8-7-14(11-15(16)22(25)26)12-20-21-18(24)17(23)19-10-9-13-5-3-2-4-6-13/h2-8,11-12H,9-10H2,1H3,(H,19,23)(H,21,24)/b20-12-. The van der Waals surface area contributed by atoms with Crippen molar-refractivity contribution in [2.45, 2.75) is 6.42 Å². The molecular weight excluding hydrogens is 352 g/mol. The maximum Gasteiger partial charge on any atom is 0.329 e. The second-order valence-corrected chi connectivity index (χ2v) is 5.38. The molecule has 0 aliphatic heterocycles. The molecule has 0 saturated carbocycles. The van der Waals surface area contributed by atoms with Crippen LogP contribution in [-0.4, -0.2) is 36.6 Å². The van der Waals surface area contributed by atoms with Gasteiger partial charge in [0.1, 0.15) is 0 Å². The molecule has 0 unspecified atom stereocenters. The van der Waals surface area contributed by atoms with Gasteiger partial charge in [-0.05, 0) is 24.1 Å². The largest absolute Gasteiger partial charge is 0.490 e. The Hall–Kier alpha value is -3.75. The smallest absolute Gasteiger partial charge is 0.329 e. The molecule has 140 valence electrons. The zero-order valence-corrected chi connectivity index (χ0v) is 14.5. The van der Waals surface area contributed by atoms with Gasteiger partial charge in [-0.2, -0.15) is 5.10 Å². The van der Waals surface area contributed by atoms with Gasteiger partial charge in [-0.3, -0.25) is 19.7 Å². The number of amides is 2. The molecule has 0 aromatic heterocycles. The summed E-state index contributed by atoms with van der Waals surface area (Å²) in [5.41, 5.74) is 3.25. The van der Waals surface area contributed by atoms with Gasteiger partial charge in [-0.15, -0.1) is 0 Å². The van der Waals surface area contributed by atoms with Gasteiger partial charge in [-0.25, -0.2) is 5.43 Å². The number of hydrogen-bond acceptors (Lipinski definition) is 6. The fourth-order valence-electron chi connectivity index (χ4n) is 2.19. The van der Waals surface area contributed by atoms with Crippen molar-refractivity contribution in [2.75, 3.05) is 13.7 Å². The summed E-state index contributed by atoms with van der Waals surface area (Å²) in [7, 11) is 1.33. The molecule has 0 saturated heterocycles. The highest BCUT2D eigenvalue weighted by atomic mass is 16.6. The van der Waals surface area contributed by atoms with Crippen molar-refractivity contribution >= 4 is 23.7 Å². The number of nitro benzene ring substituents is 1. The van der Waals surface area contributed by atoms with E-state index in [1.807, 2.05) is 30.3 Å². The van der Waals surface area contributed by atoms with Gasteiger partial charge in [-0.1, -0.05) is 30.3 Å². The van der Waals surface area contributed by atoms with Crippen molar-refractivity contribution in [1.29, 1.82) is 0 Å². The number of benzene rings is 2. The Morgan fingerprint density at radius 2 is 1.93 bits per heavy atom. The summed E-state index contributed by atoms with van der Waals surface area (Å²) in [4.78, 5) is 33.8. The first-order valence-corrected chi connectivity index (χ1v) is 7.99. The highest BCUT2D eigenvalue weighted by Gasteiger charge is 2.15. The zero-order chi connectivity index (χ0) is 19.6. The summed E-state index contributed by atoms with van der Waals surface area (Å²) < 4.78 is 4.90. The van der Waals surface area contributed by atoms with Crippen LogP contribution in [0.3, 0.4) is 0 Å². The third kappa shape index (κ3) is 5.92. The summed E-state index contributed by atoms with van der Waals surface area (Å²) in [5.74, 6) is -1.63. The molecule has 2 N–H and O–H groups in total. The topological polar surface area (TPSA) is 123 Å². The van der Waals surface area contributed by atoms with Gasteiger partial charge in [0, 0.05) is 18.2 Å². The van der Waals surface area contributed by atoms with E-state index >= 15 is 0 Å². The molecule has 0 aliphatic rings. The number of carbonyl (C=O) groups is 2. The maximum absolute atomic E-state index is 11.7. The molecule has 2 aromatic carbocycles. The maximum atomic E-state index is 11.7. The van der Waals surface area contributed by atoms with Crippen molar-refractivity contribution in [3.05, 3.63) is 69.8 Å². The third-order valence-electron chi connectivity index (χ3n) is 3.53. The number of nitrogens with zero attached hydrogens (tertiary/aromatic N) is 2. The van der Waals surface area contributed by atoms with Crippen molar-refractivity contribution in [2.24, 2.45) is 5.10 Å². The summed E-state index contributed by atoms with van der Waals surface area (Å²) in [6.07, 6.45) is 1.79. The number of ether oxygens (including phenoxy) is 1. The van der Waals surface area contributed by atoms with E-state index < -0.39 is 16.7 Å². The number of nitro groups is 1. The van der Waals surface area contributed by atoms with Gasteiger partial charge in [0.05, 0.1) is 18.2 Å². The van der Waals surface area contributed by atoms with Crippen LogP contribution in [0.1, 0.15) is 11.1 Å². The first kappa shape index (κ1) is 19.6. The van der Waals surface area contributed by atoms with Gasteiger partial charge in [0.15, 0.2) is 5.75 Å². The minimum atomic E-state index is -0.928. The van der Waals surface area contributed by atoms with E-state index in [4.69, 9.17) is 4.74 Å². The highest BCUT2D eigenvalue weighted by molar-refractivity contribution is 6.35. The molecule has 0 heterocycles. The quantitative estimate of drug-likeness (QED) is 0.330. The molecule has 2 aromatic rings. The van der Waals surface area contributed by atoms with E-state index in [-0.39, 0.29) is 11.4 Å². The predicted octanol–water partition coefficient (Wildman–Crippen LogP) is 1.41. The van der Waals surface area contributed by atoms with Crippen LogP contribution in [0.5, 0.6) is 5.75 Å². The van der Waals surface area contributed by atoms with Crippen LogP contribution in [0.25, 0.3) is 0 Å². The van der Waals surface area contributed by atoms with Crippen LogP contribution in [0.4, 0.5) is 5.69 Å². The van der Waals surface area contributed by atoms with E-state index in [1.165, 1.54) is 31.5 Å². The van der Waals surface area contributed by atoms with Crippen LogP contribution < -0.4 is 15.5 Å². The lowest BCUT2D eigenvalue weighted by Gasteiger charge is -2.04. The Morgan fingerprint density at radius 3 is 2.59 bits per heavy atom. The Kier molecular flexibility index (Phi) is 7.00. The van der Waals surface area contributed by atoms with Crippen LogP contribution in [0.2, 0.25) is 0 Å². The van der Waals surface area contributed by atoms with Crippen molar-refractivity contribution in [3.8, 4) is 5.75 Å². The third-order valence-corrected chi connectivity index (χ3v) is 3.53. The molecule has 0 radical (unpaired) electrons. The summed E-state index contributed by atoms with van der Waals surface area (Å²) >= 11 is 0. The van der Waals surface area contributed by atoms with Crippen LogP contribution in [-0.2, 0) is 16.0 Å². The fraction of sp³-hybridized carbons (Fsp3) is 0.167. The SMILES string of the molecule is COc1ccc(/C=N\NC(=O)C(=O)NCCc2ccccc2)cc1[N+](=O)[O-]. The molecule has 2 amide bonds. The molecule has 27 heavy (non-hydrogen) atoms. The van der Waals surface area contributed by atoms with Gasteiger partial charge < -0.3 is 10.1 Å². The Balaban J connectivity index is 1.84. The second kappa shape index (κ2) is 9.66. The molecule has 0 atom stereocenters. The van der Waals surface area contributed by atoms with Crippen LogP contribution >= 0.6 is 0 Å². The van der Waals surface area contributed by atoms with E-state index in [0.717, 1.165) is 5.56 Å². The average molecular weight is 370 g/mol. The number of methoxy groups -OCH3 is 1. The van der Waals surface area contributed by atoms with E-state index in [1.54, 1.807) is 0 Å². The number of rotatable bonds is 7. The highest BCUT2D eigenvalue weighted by Crippen LogP contribution is 2.26. The molecule has 0 bridgehead atoms. The Morgan fingerprint density at radius 1 is 1.19 bits per heavy atom. The van der Waals surface area contributed by atoms with Crippen molar-refractivity contribution in [3.63, 3.8) is 0 Å².